The molecule has 21 heavy (non-hydrogen) atoms. The third-order valence-corrected chi connectivity index (χ3v) is 4.27. The molecular formula is C17H27N3O. The maximum Gasteiger partial charge on any atom is 0.251 e. The van der Waals surface area contributed by atoms with Gasteiger partial charge in [0.05, 0.1) is 0 Å². The van der Waals surface area contributed by atoms with Gasteiger partial charge in [-0.25, -0.2) is 0 Å². The van der Waals surface area contributed by atoms with Crippen molar-refractivity contribution in [3.8, 4) is 0 Å². The van der Waals surface area contributed by atoms with Gasteiger partial charge in [0, 0.05) is 18.7 Å². The molecule has 1 aromatic rings. The minimum absolute atomic E-state index is 0.0180. The van der Waals surface area contributed by atoms with Crippen LogP contribution in [-0.4, -0.2) is 43.5 Å². The van der Waals surface area contributed by atoms with E-state index in [-0.39, 0.29) is 5.91 Å². The quantitative estimate of drug-likeness (QED) is 0.837. The number of nitrogens with zero attached hydrogens (tertiary/aromatic N) is 1. The fourth-order valence-electron chi connectivity index (χ4n) is 2.82. The normalized spacial score (nSPS) is 16.9. The van der Waals surface area contributed by atoms with Gasteiger partial charge in [-0.1, -0.05) is 25.1 Å². The minimum atomic E-state index is 0.0180. The highest BCUT2D eigenvalue weighted by Gasteiger charge is 2.15. The number of piperidine rings is 1. The molecule has 0 unspecified atom stereocenters. The lowest BCUT2D eigenvalue weighted by atomic mass is 9.99. The summed E-state index contributed by atoms with van der Waals surface area (Å²) in [6.45, 7) is 6.84. The number of carbonyl (C=O) groups is 1. The van der Waals surface area contributed by atoms with Gasteiger partial charge in [0.25, 0.3) is 5.91 Å². The van der Waals surface area contributed by atoms with Crippen molar-refractivity contribution in [3.63, 3.8) is 0 Å². The zero-order valence-corrected chi connectivity index (χ0v) is 13.0. The number of nitrogens with two attached hydrogens (primary N) is 1. The molecule has 2 rings (SSSR count). The lowest BCUT2D eigenvalue weighted by Crippen LogP contribution is -2.39. The monoisotopic (exact) mass is 289 g/mol. The van der Waals surface area contributed by atoms with Crippen molar-refractivity contribution in [1.82, 2.24) is 10.2 Å². The smallest absolute Gasteiger partial charge is 0.251 e. The summed E-state index contributed by atoms with van der Waals surface area (Å²) in [7, 11) is 0. The molecule has 1 aliphatic rings. The number of hydrogen-bond donors (Lipinski definition) is 2. The van der Waals surface area contributed by atoms with Crippen LogP contribution in [0.5, 0.6) is 0 Å². The van der Waals surface area contributed by atoms with Crippen molar-refractivity contribution < 1.29 is 4.79 Å². The minimum Gasteiger partial charge on any atom is -0.351 e. The number of hydrogen-bond acceptors (Lipinski definition) is 3. The average molecular weight is 289 g/mol. The Hall–Kier alpha value is -1.39. The summed E-state index contributed by atoms with van der Waals surface area (Å²) in [4.78, 5) is 14.7. The molecule has 0 aromatic heterocycles. The van der Waals surface area contributed by atoms with Crippen molar-refractivity contribution in [2.75, 3.05) is 32.7 Å². The fraction of sp³-hybridized carbons (Fsp3) is 0.588. The summed E-state index contributed by atoms with van der Waals surface area (Å²) >= 11 is 0. The van der Waals surface area contributed by atoms with Gasteiger partial charge >= 0.3 is 0 Å². The molecule has 0 spiro atoms. The van der Waals surface area contributed by atoms with Gasteiger partial charge in [-0.05, 0) is 56.4 Å². The van der Waals surface area contributed by atoms with E-state index in [2.05, 4.69) is 17.1 Å². The van der Waals surface area contributed by atoms with Gasteiger partial charge in [-0.2, -0.15) is 0 Å². The number of nitrogens with one attached hydrogen (secondary N) is 1. The van der Waals surface area contributed by atoms with E-state index in [1.54, 1.807) is 0 Å². The van der Waals surface area contributed by atoms with E-state index < -0.39 is 0 Å². The fourth-order valence-corrected chi connectivity index (χ4v) is 2.82. The van der Waals surface area contributed by atoms with Crippen molar-refractivity contribution in [2.24, 2.45) is 11.7 Å². The predicted molar refractivity (Wildman–Crippen MR) is 86.4 cm³/mol. The van der Waals surface area contributed by atoms with Gasteiger partial charge in [-0.3, -0.25) is 4.79 Å². The maximum atomic E-state index is 12.3. The molecule has 3 N–H and O–H groups in total. The highest BCUT2D eigenvalue weighted by Crippen LogP contribution is 2.15. The molecule has 116 valence electrons. The second-order valence-corrected chi connectivity index (χ2v) is 5.98. The molecule has 0 atom stereocenters. The molecule has 1 heterocycles. The van der Waals surface area contributed by atoms with Crippen LogP contribution in [0, 0.1) is 5.92 Å². The number of carbonyl (C=O) groups excluding carboxylic acids is 1. The Labute approximate surface area is 127 Å². The first-order valence-corrected chi connectivity index (χ1v) is 7.99. The largest absolute Gasteiger partial charge is 0.351 e. The lowest BCUT2D eigenvalue weighted by molar-refractivity contribution is 0.0943. The molecule has 0 aliphatic carbocycles. The summed E-state index contributed by atoms with van der Waals surface area (Å²) in [5.41, 5.74) is 7.39. The Morgan fingerprint density at radius 1 is 1.33 bits per heavy atom. The molecule has 4 nitrogen and oxygen atoms in total. The SMILES string of the molecule is CC1CCN(CCNC(=O)c2ccccc2CCN)CC1. The molecule has 1 amide bonds. The first-order chi connectivity index (χ1) is 10.2. The first kappa shape index (κ1) is 16.0. The van der Waals surface area contributed by atoms with Crippen molar-refractivity contribution in [3.05, 3.63) is 35.4 Å². The third kappa shape index (κ3) is 4.83. The number of benzene rings is 1. The van der Waals surface area contributed by atoms with Gasteiger partial charge in [-0.15, -0.1) is 0 Å². The zero-order chi connectivity index (χ0) is 15.1. The Morgan fingerprint density at radius 2 is 2.05 bits per heavy atom. The van der Waals surface area contributed by atoms with E-state index in [1.165, 1.54) is 12.8 Å². The van der Waals surface area contributed by atoms with Crippen LogP contribution in [0.3, 0.4) is 0 Å². The van der Waals surface area contributed by atoms with Crippen LogP contribution in [0.25, 0.3) is 0 Å². The lowest BCUT2D eigenvalue weighted by Gasteiger charge is -2.30. The Bertz CT molecular complexity index is 453. The molecule has 0 bridgehead atoms. The highest BCUT2D eigenvalue weighted by atomic mass is 16.1. The predicted octanol–water partition coefficient (Wildman–Crippen LogP) is 1.65. The number of amides is 1. The van der Waals surface area contributed by atoms with Gasteiger partial charge < -0.3 is 16.0 Å². The summed E-state index contributed by atoms with van der Waals surface area (Å²) < 4.78 is 0. The van der Waals surface area contributed by atoms with Crippen LogP contribution >= 0.6 is 0 Å². The van der Waals surface area contributed by atoms with Crippen molar-refractivity contribution in [2.45, 2.75) is 26.2 Å². The van der Waals surface area contributed by atoms with Crippen molar-refractivity contribution in [1.29, 1.82) is 0 Å². The van der Waals surface area contributed by atoms with Gasteiger partial charge in [0.15, 0.2) is 0 Å². The van der Waals surface area contributed by atoms with Crippen LogP contribution in [0.1, 0.15) is 35.7 Å². The standard InChI is InChI=1S/C17H27N3O/c1-14-7-11-20(12-8-14)13-10-19-17(21)16-5-3-2-4-15(16)6-9-18/h2-5,14H,6-13,18H2,1H3,(H,19,21). The molecule has 1 saturated heterocycles. The zero-order valence-electron chi connectivity index (χ0n) is 13.0. The van der Waals surface area contributed by atoms with Gasteiger partial charge in [0.1, 0.15) is 0 Å². The molecule has 0 radical (unpaired) electrons. The van der Waals surface area contributed by atoms with Crippen LogP contribution in [0.15, 0.2) is 24.3 Å². The molecule has 0 saturated carbocycles. The summed E-state index contributed by atoms with van der Waals surface area (Å²) in [6, 6.07) is 7.72. The van der Waals surface area contributed by atoms with E-state index in [4.69, 9.17) is 5.73 Å². The second kappa shape index (κ2) is 8.15. The molecule has 1 aliphatic heterocycles. The van der Waals surface area contributed by atoms with E-state index in [0.717, 1.165) is 43.1 Å². The van der Waals surface area contributed by atoms with Crippen LogP contribution in [0.4, 0.5) is 0 Å². The maximum absolute atomic E-state index is 12.3. The van der Waals surface area contributed by atoms with Crippen molar-refractivity contribution >= 4 is 5.91 Å². The highest BCUT2D eigenvalue weighted by molar-refractivity contribution is 5.95. The van der Waals surface area contributed by atoms with E-state index in [0.29, 0.717) is 13.1 Å². The topological polar surface area (TPSA) is 58.4 Å². The summed E-state index contributed by atoms with van der Waals surface area (Å²) in [5, 5.41) is 3.03. The third-order valence-electron chi connectivity index (χ3n) is 4.27. The average Bonchev–Trinajstić information content (AvgIpc) is 2.50. The Balaban J connectivity index is 1.79. The molecule has 1 fully saturated rings. The van der Waals surface area contributed by atoms with Gasteiger partial charge in [0.2, 0.25) is 0 Å². The molecule has 4 heteroatoms. The van der Waals surface area contributed by atoms with Crippen LogP contribution in [-0.2, 0) is 6.42 Å². The van der Waals surface area contributed by atoms with E-state index in [1.807, 2.05) is 24.3 Å². The Morgan fingerprint density at radius 3 is 2.76 bits per heavy atom. The second-order valence-electron chi connectivity index (χ2n) is 5.98. The van der Waals surface area contributed by atoms with E-state index in [9.17, 15) is 4.79 Å². The van der Waals surface area contributed by atoms with Crippen LogP contribution < -0.4 is 11.1 Å². The Kier molecular flexibility index (Phi) is 6.21. The number of likely N-dealkylation sites (tertiary alicyclic amines) is 1. The summed E-state index contributed by atoms with van der Waals surface area (Å²) in [5.74, 6) is 0.864. The van der Waals surface area contributed by atoms with Crippen LogP contribution in [0.2, 0.25) is 0 Å². The van der Waals surface area contributed by atoms with E-state index >= 15 is 0 Å². The molecular weight excluding hydrogens is 262 g/mol. The molecule has 1 aromatic carbocycles. The number of rotatable bonds is 6. The summed E-state index contributed by atoms with van der Waals surface area (Å²) in [6.07, 6.45) is 3.29. The first-order valence-electron chi connectivity index (χ1n) is 7.99.